The number of methoxy groups -OCH3 is 4. The first-order chi connectivity index (χ1) is 15.7. The van der Waals surface area contributed by atoms with E-state index in [1.165, 1.54) is 45.6 Å². The summed E-state index contributed by atoms with van der Waals surface area (Å²) in [5.74, 6) is -1.22. The number of esters is 1. The van der Waals surface area contributed by atoms with E-state index in [2.05, 4.69) is 4.72 Å². The van der Waals surface area contributed by atoms with Gasteiger partial charge in [0, 0.05) is 25.0 Å². The molecule has 0 atom stereocenters. The number of carbonyl (C=O) groups is 3. The maximum absolute atomic E-state index is 13.2. The van der Waals surface area contributed by atoms with E-state index in [1.807, 2.05) is 0 Å². The molecule has 2 aromatic rings. The minimum absolute atomic E-state index is 0.00776. The van der Waals surface area contributed by atoms with Crippen LogP contribution < -0.4 is 23.8 Å². The highest BCUT2D eigenvalue weighted by atomic mass is 32.2. The summed E-state index contributed by atoms with van der Waals surface area (Å²) in [5.41, 5.74) is -0.226. The normalized spacial score (nSPS) is 13.6. The van der Waals surface area contributed by atoms with Gasteiger partial charge in [-0.05, 0) is 18.2 Å². The molecule has 1 fully saturated rings. The maximum atomic E-state index is 13.2. The fourth-order valence-electron chi connectivity index (χ4n) is 3.30. The molecule has 2 amide bonds. The van der Waals surface area contributed by atoms with Crippen molar-refractivity contribution in [3.05, 3.63) is 35.9 Å². The summed E-state index contributed by atoms with van der Waals surface area (Å²) in [7, 11) is 0.911. The van der Waals surface area contributed by atoms with Crippen LogP contribution in [0.3, 0.4) is 0 Å². The van der Waals surface area contributed by atoms with Crippen molar-refractivity contribution >= 4 is 39.2 Å². The number of hydrogen-bond acceptors (Lipinski definition) is 9. The van der Waals surface area contributed by atoms with Crippen molar-refractivity contribution in [2.45, 2.75) is 17.7 Å². The van der Waals surface area contributed by atoms with Gasteiger partial charge in [-0.1, -0.05) is 0 Å². The van der Waals surface area contributed by atoms with Crippen molar-refractivity contribution in [2.75, 3.05) is 38.1 Å². The summed E-state index contributed by atoms with van der Waals surface area (Å²) < 4.78 is 49.0. The first-order valence-electron chi connectivity index (χ1n) is 9.57. The molecule has 0 spiro atoms. The predicted octanol–water partition coefficient (Wildman–Crippen LogP) is 1.95. The second kappa shape index (κ2) is 9.36. The largest absolute Gasteiger partial charge is 0.495 e. The number of benzene rings is 2. The third-order valence-corrected chi connectivity index (χ3v) is 6.29. The third-order valence-electron chi connectivity index (χ3n) is 4.93. The Hall–Kier alpha value is -3.80. The average Bonchev–Trinajstić information content (AvgIpc) is 3.15. The summed E-state index contributed by atoms with van der Waals surface area (Å²) in [5, 5.41) is 0. The van der Waals surface area contributed by atoms with E-state index in [0.29, 0.717) is 0 Å². The van der Waals surface area contributed by atoms with Crippen LogP contribution in [-0.2, 0) is 24.3 Å². The molecule has 0 aliphatic carbocycles. The Bertz CT molecular complexity index is 1210. The average molecular weight is 478 g/mol. The van der Waals surface area contributed by atoms with Crippen LogP contribution in [-0.4, -0.2) is 54.6 Å². The van der Waals surface area contributed by atoms with Crippen LogP contribution >= 0.6 is 0 Å². The number of rotatable bonds is 8. The first-order valence-corrected chi connectivity index (χ1v) is 11.1. The highest BCUT2D eigenvalue weighted by molar-refractivity contribution is 7.92. The van der Waals surface area contributed by atoms with Gasteiger partial charge in [0.15, 0.2) is 11.5 Å². The third kappa shape index (κ3) is 4.55. The molecule has 33 heavy (non-hydrogen) atoms. The van der Waals surface area contributed by atoms with Crippen LogP contribution in [0.15, 0.2) is 35.2 Å². The minimum atomic E-state index is -4.29. The molecular formula is C21H22N2O9S. The van der Waals surface area contributed by atoms with Crippen molar-refractivity contribution in [2.24, 2.45) is 0 Å². The summed E-state index contributed by atoms with van der Waals surface area (Å²) in [6.07, 6.45) is 0.0384. The van der Waals surface area contributed by atoms with E-state index < -0.39 is 27.8 Å². The molecule has 0 unspecified atom stereocenters. The number of hydrogen-bond donors (Lipinski definition) is 1. The Balaban J connectivity index is 2.09. The molecule has 1 aliphatic rings. The van der Waals surface area contributed by atoms with E-state index in [4.69, 9.17) is 18.9 Å². The Morgan fingerprint density at radius 2 is 1.45 bits per heavy atom. The molecule has 1 heterocycles. The molecule has 1 aliphatic heterocycles. The number of carbonyl (C=O) groups excluding carboxylic acids is 3. The molecule has 0 saturated carbocycles. The standard InChI is InChI=1S/C21H22N2O9S/c1-29-16-6-5-12(9-15(16)23-19(24)7-8-20(23)25)33(27,28)22-14-11-18(31-3)17(30-2)10-13(14)21(26)32-4/h5-6,9-11,22H,7-8H2,1-4H3. The zero-order valence-corrected chi connectivity index (χ0v) is 19.1. The number of amides is 2. The first kappa shape index (κ1) is 23.9. The Kier molecular flexibility index (Phi) is 6.77. The van der Waals surface area contributed by atoms with Crippen molar-refractivity contribution in [1.82, 2.24) is 0 Å². The number of sulfonamides is 1. The van der Waals surface area contributed by atoms with Gasteiger partial charge in [-0.2, -0.15) is 0 Å². The SMILES string of the molecule is COC(=O)c1cc(OC)c(OC)cc1NS(=O)(=O)c1ccc(OC)c(N2C(=O)CCC2=O)c1. The number of nitrogens with zero attached hydrogens (tertiary/aromatic N) is 1. The molecule has 0 aromatic heterocycles. The van der Waals surface area contributed by atoms with E-state index in [9.17, 15) is 22.8 Å². The van der Waals surface area contributed by atoms with Crippen molar-refractivity contribution in [3.63, 3.8) is 0 Å². The molecule has 2 aromatic carbocycles. The monoisotopic (exact) mass is 478 g/mol. The smallest absolute Gasteiger partial charge is 0.340 e. The molecular weight excluding hydrogens is 456 g/mol. The Morgan fingerprint density at radius 1 is 0.879 bits per heavy atom. The Morgan fingerprint density at radius 3 is 2.00 bits per heavy atom. The van der Waals surface area contributed by atoms with Gasteiger partial charge < -0.3 is 18.9 Å². The highest BCUT2D eigenvalue weighted by Crippen LogP contribution is 2.37. The van der Waals surface area contributed by atoms with E-state index in [-0.39, 0.29) is 51.9 Å². The van der Waals surface area contributed by atoms with Gasteiger partial charge in [-0.15, -0.1) is 0 Å². The fourth-order valence-corrected chi connectivity index (χ4v) is 4.39. The second-order valence-electron chi connectivity index (χ2n) is 6.81. The summed E-state index contributed by atoms with van der Waals surface area (Å²) >= 11 is 0. The molecule has 0 bridgehead atoms. The minimum Gasteiger partial charge on any atom is -0.495 e. The van der Waals surface area contributed by atoms with Gasteiger partial charge in [0.05, 0.1) is 50.3 Å². The number of nitrogens with one attached hydrogen (secondary N) is 1. The lowest BCUT2D eigenvalue weighted by atomic mass is 10.1. The van der Waals surface area contributed by atoms with Gasteiger partial charge in [0.2, 0.25) is 11.8 Å². The lowest BCUT2D eigenvalue weighted by molar-refractivity contribution is -0.121. The fraction of sp³-hybridized carbons (Fsp3) is 0.286. The van der Waals surface area contributed by atoms with E-state index in [1.54, 1.807) is 0 Å². The molecule has 0 radical (unpaired) electrons. The quantitative estimate of drug-likeness (QED) is 0.446. The second-order valence-corrected chi connectivity index (χ2v) is 8.49. The summed E-state index contributed by atoms with van der Waals surface area (Å²) in [6.45, 7) is 0. The summed E-state index contributed by atoms with van der Waals surface area (Å²) in [6, 6.07) is 6.29. The van der Waals surface area contributed by atoms with Crippen molar-refractivity contribution in [1.29, 1.82) is 0 Å². The van der Waals surface area contributed by atoms with Crippen molar-refractivity contribution in [3.8, 4) is 17.2 Å². The van der Waals surface area contributed by atoms with Crippen molar-refractivity contribution < 1.29 is 41.7 Å². The molecule has 12 heteroatoms. The maximum Gasteiger partial charge on any atom is 0.340 e. The number of anilines is 2. The lowest BCUT2D eigenvalue weighted by Gasteiger charge is -2.19. The van der Waals surface area contributed by atoms with Crippen LogP contribution in [0.5, 0.6) is 17.2 Å². The molecule has 176 valence electrons. The van der Waals surface area contributed by atoms with Gasteiger partial charge >= 0.3 is 5.97 Å². The van der Waals surface area contributed by atoms with Crippen LogP contribution in [0.2, 0.25) is 0 Å². The van der Waals surface area contributed by atoms with Crippen LogP contribution in [0.4, 0.5) is 11.4 Å². The Labute approximate surface area is 190 Å². The lowest BCUT2D eigenvalue weighted by Crippen LogP contribution is -2.29. The molecule has 1 saturated heterocycles. The summed E-state index contributed by atoms with van der Waals surface area (Å²) in [4.78, 5) is 37.3. The van der Waals surface area contributed by atoms with Gasteiger partial charge in [-0.3, -0.25) is 14.3 Å². The zero-order chi connectivity index (χ0) is 24.3. The highest BCUT2D eigenvalue weighted by Gasteiger charge is 2.33. The molecule has 1 N–H and O–H groups in total. The van der Waals surface area contributed by atoms with E-state index in [0.717, 1.165) is 18.1 Å². The van der Waals surface area contributed by atoms with Gasteiger partial charge in [0.1, 0.15) is 5.75 Å². The molecule has 11 nitrogen and oxygen atoms in total. The number of ether oxygens (including phenoxy) is 4. The van der Waals surface area contributed by atoms with Gasteiger partial charge in [-0.25, -0.2) is 18.1 Å². The van der Waals surface area contributed by atoms with Crippen LogP contribution in [0.25, 0.3) is 0 Å². The topological polar surface area (TPSA) is 138 Å². The van der Waals surface area contributed by atoms with Crippen LogP contribution in [0, 0.1) is 0 Å². The molecule has 3 rings (SSSR count). The zero-order valence-electron chi connectivity index (χ0n) is 18.3. The van der Waals surface area contributed by atoms with Gasteiger partial charge in [0.25, 0.3) is 10.0 Å². The van der Waals surface area contributed by atoms with E-state index >= 15 is 0 Å². The predicted molar refractivity (Wildman–Crippen MR) is 116 cm³/mol. The van der Waals surface area contributed by atoms with Crippen LogP contribution in [0.1, 0.15) is 23.2 Å². The number of imide groups is 1.